The predicted molar refractivity (Wildman–Crippen MR) is 134 cm³/mol. The Labute approximate surface area is 220 Å². The molecule has 0 aliphatic rings. The van der Waals surface area contributed by atoms with Crippen LogP contribution in [0, 0.1) is 11.6 Å². The lowest BCUT2D eigenvalue weighted by Crippen LogP contribution is -2.40. The van der Waals surface area contributed by atoms with Crippen LogP contribution in [0.2, 0.25) is 0 Å². The van der Waals surface area contributed by atoms with E-state index in [-0.39, 0.29) is 31.9 Å². The molecule has 0 saturated heterocycles. The minimum Gasteiger partial charge on any atom is -0.379 e. The highest BCUT2D eigenvalue weighted by Crippen LogP contribution is 2.51. The molecule has 1 atom stereocenters. The second-order valence-electron chi connectivity index (χ2n) is 8.93. The maximum Gasteiger partial charge on any atom is 0.473 e. The Morgan fingerprint density at radius 1 is 0.921 bits per heavy atom. The molecule has 38 heavy (non-hydrogen) atoms. The Morgan fingerprint density at radius 2 is 1.55 bits per heavy atom. The molecule has 11 nitrogen and oxygen atoms in total. The number of phosphoric acid groups is 1. The van der Waals surface area contributed by atoms with Crippen molar-refractivity contribution in [3.8, 4) is 0 Å². The van der Waals surface area contributed by atoms with Crippen LogP contribution in [-0.2, 0) is 37.0 Å². The molecule has 0 bridgehead atoms. The van der Waals surface area contributed by atoms with Gasteiger partial charge in [-0.3, -0.25) is 9.05 Å². The molecular formula is C24H35F2N6O5P. The molecule has 0 amide bonds. The van der Waals surface area contributed by atoms with Crippen molar-refractivity contribution in [2.75, 3.05) is 19.8 Å². The molecule has 3 aromatic rings. The van der Waals surface area contributed by atoms with Gasteiger partial charge in [0.05, 0.1) is 26.3 Å². The molecule has 1 unspecified atom stereocenters. The van der Waals surface area contributed by atoms with E-state index in [9.17, 15) is 13.8 Å². The van der Waals surface area contributed by atoms with Crippen molar-refractivity contribution < 1.29 is 32.0 Å². The highest BCUT2D eigenvalue weighted by molar-refractivity contribution is 7.47. The summed E-state index contributed by atoms with van der Waals surface area (Å²) in [7, 11) is -4.79. The molecule has 0 saturated carbocycles. The zero-order valence-electron chi connectivity index (χ0n) is 21.5. The van der Waals surface area contributed by atoms with Crippen LogP contribution >= 0.6 is 7.82 Å². The van der Waals surface area contributed by atoms with Crippen LogP contribution in [0.1, 0.15) is 57.4 Å². The fourth-order valence-electron chi connectivity index (χ4n) is 4.06. The Hall–Kier alpha value is -2.57. The molecule has 0 radical (unpaired) electrons. The van der Waals surface area contributed by atoms with Gasteiger partial charge in [0.15, 0.2) is 0 Å². The third kappa shape index (κ3) is 9.63. The number of benzene rings is 1. The third-order valence-corrected chi connectivity index (χ3v) is 6.94. The number of halogens is 2. The zero-order chi connectivity index (χ0) is 27.3. The van der Waals surface area contributed by atoms with Gasteiger partial charge < -0.3 is 9.63 Å². The first-order chi connectivity index (χ1) is 18.3. The topological polar surface area (TPSA) is 126 Å². The van der Waals surface area contributed by atoms with Gasteiger partial charge >= 0.3 is 7.82 Å². The van der Waals surface area contributed by atoms with Gasteiger partial charge in [0.25, 0.3) is 0 Å². The summed E-state index contributed by atoms with van der Waals surface area (Å²) in [6.07, 6.45) is 13.2. The Bertz CT molecular complexity index is 1080. The number of ether oxygens (including phenoxy) is 1. The summed E-state index contributed by atoms with van der Waals surface area (Å²) in [6.45, 7) is 2.01. The first-order valence-corrected chi connectivity index (χ1v) is 14.2. The van der Waals surface area contributed by atoms with Gasteiger partial charge in [0.1, 0.15) is 42.5 Å². The van der Waals surface area contributed by atoms with Crippen molar-refractivity contribution in [3.63, 3.8) is 0 Å². The summed E-state index contributed by atoms with van der Waals surface area (Å²) < 4.78 is 60.8. The van der Waals surface area contributed by atoms with E-state index in [1.165, 1.54) is 60.4 Å². The summed E-state index contributed by atoms with van der Waals surface area (Å²) in [5.74, 6) is -1.80. The van der Waals surface area contributed by atoms with Crippen LogP contribution < -0.4 is 0 Å². The third-order valence-electron chi connectivity index (χ3n) is 5.85. The molecule has 2 heterocycles. The molecule has 0 aliphatic heterocycles. The maximum absolute atomic E-state index is 15.1. The van der Waals surface area contributed by atoms with Gasteiger partial charge in [-0.05, 0) is 12.5 Å². The van der Waals surface area contributed by atoms with Crippen LogP contribution in [-0.4, -0.2) is 54.2 Å². The van der Waals surface area contributed by atoms with Gasteiger partial charge in [-0.2, -0.15) is 10.2 Å². The zero-order valence-corrected chi connectivity index (χ0v) is 22.4. The molecule has 0 aliphatic carbocycles. The monoisotopic (exact) mass is 556 g/mol. The van der Waals surface area contributed by atoms with E-state index in [1.807, 2.05) is 0 Å². The van der Waals surface area contributed by atoms with Crippen molar-refractivity contribution in [1.29, 1.82) is 0 Å². The SMILES string of the molecule is CCCCCCCCCOCCOP(=O)(O)OC(Cn1cncn1)(Cn1cncn1)c1ccc(F)cc1F. The first-order valence-electron chi connectivity index (χ1n) is 12.7. The van der Waals surface area contributed by atoms with Crippen molar-refractivity contribution in [2.24, 2.45) is 0 Å². The molecule has 14 heteroatoms. The number of hydrogen-bond acceptors (Lipinski definition) is 8. The number of aromatic nitrogens is 6. The van der Waals surface area contributed by atoms with Crippen LogP contribution in [0.15, 0.2) is 43.5 Å². The van der Waals surface area contributed by atoms with Gasteiger partial charge in [-0.1, -0.05) is 51.5 Å². The van der Waals surface area contributed by atoms with E-state index >= 15 is 4.39 Å². The second-order valence-corrected chi connectivity index (χ2v) is 10.3. The van der Waals surface area contributed by atoms with E-state index < -0.39 is 25.1 Å². The lowest BCUT2D eigenvalue weighted by atomic mass is 9.93. The molecule has 0 fully saturated rings. The normalized spacial score (nSPS) is 13.6. The van der Waals surface area contributed by atoms with E-state index in [0.29, 0.717) is 12.7 Å². The second kappa shape index (κ2) is 15.1. The van der Waals surface area contributed by atoms with E-state index in [0.717, 1.165) is 31.4 Å². The van der Waals surface area contributed by atoms with Crippen molar-refractivity contribution >= 4 is 7.82 Å². The highest BCUT2D eigenvalue weighted by atomic mass is 31.2. The smallest absolute Gasteiger partial charge is 0.379 e. The molecule has 3 rings (SSSR count). The summed E-state index contributed by atoms with van der Waals surface area (Å²) >= 11 is 0. The molecule has 0 spiro atoms. The van der Waals surface area contributed by atoms with Crippen molar-refractivity contribution in [3.05, 3.63) is 60.7 Å². The number of unbranched alkanes of at least 4 members (excludes halogenated alkanes) is 6. The van der Waals surface area contributed by atoms with E-state index in [2.05, 4.69) is 27.1 Å². The fraction of sp³-hybridized carbons (Fsp3) is 0.583. The van der Waals surface area contributed by atoms with Crippen molar-refractivity contribution in [1.82, 2.24) is 29.5 Å². The molecule has 1 aromatic carbocycles. The van der Waals surface area contributed by atoms with E-state index in [1.54, 1.807) is 0 Å². The highest BCUT2D eigenvalue weighted by Gasteiger charge is 2.44. The lowest BCUT2D eigenvalue weighted by Gasteiger charge is -2.35. The summed E-state index contributed by atoms with van der Waals surface area (Å²) in [6, 6.07) is 2.83. The molecular weight excluding hydrogens is 521 g/mol. The van der Waals surface area contributed by atoms with Crippen molar-refractivity contribution in [2.45, 2.75) is 70.6 Å². The number of hydrogen-bond donors (Lipinski definition) is 1. The van der Waals surface area contributed by atoms with Crippen LogP contribution in [0.5, 0.6) is 0 Å². The predicted octanol–water partition coefficient (Wildman–Crippen LogP) is 4.64. The van der Waals surface area contributed by atoms with Gasteiger partial charge in [0.2, 0.25) is 0 Å². The average molecular weight is 557 g/mol. The Balaban J connectivity index is 1.66. The van der Waals surface area contributed by atoms with Gasteiger partial charge in [-0.25, -0.2) is 32.7 Å². The lowest BCUT2D eigenvalue weighted by molar-refractivity contribution is -0.0217. The Morgan fingerprint density at radius 3 is 2.13 bits per heavy atom. The van der Waals surface area contributed by atoms with Gasteiger partial charge in [0, 0.05) is 18.2 Å². The van der Waals surface area contributed by atoms with Crippen LogP contribution in [0.4, 0.5) is 8.78 Å². The Kier molecular flexibility index (Phi) is 11.9. The number of nitrogens with zero attached hydrogens (tertiary/aromatic N) is 6. The molecule has 2 aromatic heterocycles. The standard InChI is InChI=1S/C24H35F2N6O5P/c1-2-3-4-5-6-7-8-11-35-12-13-36-38(33,34)37-24(15-31-19-27-17-29-31,16-32-20-28-18-30-32)22-10-9-21(25)14-23(22)26/h9-10,14,17-20H,2-8,11-13,15-16H2,1H3,(H,33,34). The summed E-state index contributed by atoms with van der Waals surface area (Å²) in [5, 5.41) is 8.03. The number of rotatable bonds is 19. The van der Waals surface area contributed by atoms with E-state index in [4.69, 9.17) is 13.8 Å². The quantitative estimate of drug-likeness (QED) is 0.166. The fourth-order valence-corrected chi connectivity index (χ4v) is 5.07. The summed E-state index contributed by atoms with van der Waals surface area (Å²) in [4.78, 5) is 18.4. The molecule has 1 N–H and O–H groups in total. The van der Waals surface area contributed by atoms with Gasteiger partial charge in [-0.15, -0.1) is 0 Å². The summed E-state index contributed by atoms with van der Waals surface area (Å²) in [5.41, 5.74) is -2.10. The molecule has 210 valence electrons. The first kappa shape index (κ1) is 30.0. The minimum atomic E-state index is -4.79. The number of phosphoric ester groups is 1. The largest absolute Gasteiger partial charge is 0.473 e. The average Bonchev–Trinajstić information content (AvgIpc) is 3.56. The van der Waals surface area contributed by atoms with Crippen LogP contribution in [0.25, 0.3) is 0 Å². The van der Waals surface area contributed by atoms with Crippen LogP contribution in [0.3, 0.4) is 0 Å². The minimum absolute atomic E-state index is 0.0772. The maximum atomic E-state index is 15.1.